The maximum Gasteiger partial charge on any atom is 0.231 e. The van der Waals surface area contributed by atoms with Crippen LogP contribution in [0, 0.1) is 0 Å². The number of aromatic amines is 1. The fourth-order valence-electron chi connectivity index (χ4n) is 5.53. The van der Waals surface area contributed by atoms with Crippen molar-refractivity contribution < 1.29 is 4.74 Å². The van der Waals surface area contributed by atoms with E-state index >= 15 is 0 Å². The molecule has 1 unspecified atom stereocenters. The molecule has 39 heavy (non-hydrogen) atoms. The van der Waals surface area contributed by atoms with Gasteiger partial charge in [0.1, 0.15) is 29.3 Å². The summed E-state index contributed by atoms with van der Waals surface area (Å²) in [4.78, 5) is 28.7. The lowest BCUT2D eigenvalue weighted by Gasteiger charge is -2.44. The van der Waals surface area contributed by atoms with E-state index in [2.05, 4.69) is 54.6 Å². The molecule has 3 N–H and O–H groups in total. The molecule has 0 spiro atoms. The second kappa shape index (κ2) is 9.28. The van der Waals surface area contributed by atoms with Gasteiger partial charge >= 0.3 is 0 Å². The highest BCUT2D eigenvalue weighted by atomic mass is 16.5. The number of H-pyrrole nitrogens is 1. The van der Waals surface area contributed by atoms with Crippen molar-refractivity contribution in [2.45, 2.75) is 6.04 Å². The Morgan fingerprint density at radius 1 is 1.03 bits per heavy atom. The first-order chi connectivity index (χ1) is 19.0. The van der Waals surface area contributed by atoms with Crippen LogP contribution in [0.1, 0.15) is 0 Å². The van der Waals surface area contributed by atoms with Crippen LogP contribution in [0.2, 0.25) is 0 Å². The first-order valence-corrected chi connectivity index (χ1v) is 13.1. The summed E-state index contributed by atoms with van der Waals surface area (Å²) in [5, 5.41) is 7.80. The predicted octanol–water partition coefficient (Wildman–Crippen LogP) is 3.97. The molecule has 3 aromatic heterocycles. The van der Waals surface area contributed by atoms with Crippen LogP contribution in [0.5, 0.6) is 5.75 Å². The summed E-state index contributed by atoms with van der Waals surface area (Å²) in [5.74, 6) is 2.05. The fourth-order valence-corrected chi connectivity index (χ4v) is 5.53. The molecule has 11 heteroatoms. The average molecular weight is 523 g/mol. The van der Waals surface area contributed by atoms with Gasteiger partial charge in [-0.25, -0.2) is 0 Å². The lowest BCUT2D eigenvalue weighted by Crippen LogP contribution is -2.56. The quantitative estimate of drug-likeness (QED) is 0.314. The molecule has 2 aliphatic rings. The van der Waals surface area contributed by atoms with Gasteiger partial charge in [0.15, 0.2) is 0 Å². The molecule has 0 bridgehead atoms. The lowest BCUT2D eigenvalue weighted by atomic mass is 10.1. The summed E-state index contributed by atoms with van der Waals surface area (Å²) in [5.41, 5.74) is 6.21. The number of nitrogens with one attached hydrogen (secondary N) is 3. The fraction of sp³-hybridized carbons (Fsp3) is 0.286. The van der Waals surface area contributed by atoms with Crippen LogP contribution in [0.15, 0.2) is 55.0 Å². The minimum Gasteiger partial charge on any atom is -0.489 e. The van der Waals surface area contributed by atoms with Crippen LogP contribution in [-0.2, 0) is 0 Å². The van der Waals surface area contributed by atoms with Crippen LogP contribution in [0.3, 0.4) is 0 Å². The molecule has 1 saturated heterocycles. The van der Waals surface area contributed by atoms with Crippen LogP contribution in [-0.4, -0.2) is 83.2 Å². The van der Waals surface area contributed by atoms with Crippen molar-refractivity contribution in [1.82, 2.24) is 29.8 Å². The Hall–Kier alpha value is -4.64. The third-order valence-electron chi connectivity index (χ3n) is 7.37. The number of nitrogens with zero attached hydrogens (tertiary/aromatic N) is 7. The molecule has 2 aromatic carbocycles. The highest BCUT2D eigenvalue weighted by Gasteiger charge is 2.31. The molecule has 0 saturated carbocycles. The molecule has 0 aliphatic carbocycles. The minimum absolute atomic E-state index is 0.385. The van der Waals surface area contributed by atoms with Gasteiger partial charge in [0.05, 0.1) is 34.0 Å². The molecule has 11 nitrogen and oxygen atoms in total. The minimum atomic E-state index is 0.385. The number of fused-ring (bicyclic) bond motifs is 5. The Kier molecular flexibility index (Phi) is 5.58. The molecule has 198 valence electrons. The summed E-state index contributed by atoms with van der Waals surface area (Å²) in [7, 11) is 6.16. The van der Waals surface area contributed by atoms with E-state index in [1.165, 1.54) is 0 Å². The third kappa shape index (κ3) is 4.20. The van der Waals surface area contributed by atoms with Crippen molar-refractivity contribution in [1.29, 1.82) is 0 Å². The van der Waals surface area contributed by atoms with E-state index in [9.17, 15) is 0 Å². The summed E-state index contributed by atoms with van der Waals surface area (Å²) in [6.07, 6.45) is 5.28. The van der Waals surface area contributed by atoms with Crippen LogP contribution in [0.4, 0.5) is 34.5 Å². The largest absolute Gasteiger partial charge is 0.489 e. The average Bonchev–Trinajstić information content (AvgIpc) is 3.41. The van der Waals surface area contributed by atoms with Gasteiger partial charge < -0.3 is 35.1 Å². The Labute approximate surface area is 225 Å². The third-order valence-corrected chi connectivity index (χ3v) is 7.37. The smallest absolute Gasteiger partial charge is 0.231 e. The number of anilines is 6. The van der Waals surface area contributed by atoms with Crippen molar-refractivity contribution in [3.05, 3.63) is 55.0 Å². The van der Waals surface area contributed by atoms with Gasteiger partial charge in [0.25, 0.3) is 0 Å². The second-order valence-electron chi connectivity index (χ2n) is 10.3. The van der Waals surface area contributed by atoms with Gasteiger partial charge in [-0.15, -0.1) is 0 Å². The topological polar surface area (TPSA) is 110 Å². The predicted molar refractivity (Wildman–Crippen MR) is 155 cm³/mol. The molecule has 1 fully saturated rings. The van der Waals surface area contributed by atoms with E-state index in [1.54, 1.807) is 12.4 Å². The van der Waals surface area contributed by atoms with Gasteiger partial charge in [-0.2, -0.15) is 9.97 Å². The Morgan fingerprint density at radius 2 is 1.92 bits per heavy atom. The molecule has 0 radical (unpaired) electrons. The van der Waals surface area contributed by atoms with Crippen LogP contribution < -0.4 is 25.2 Å². The van der Waals surface area contributed by atoms with E-state index in [4.69, 9.17) is 14.7 Å². The number of likely N-dealkylation sites (N-methyl/N-ethyl adjacent to an activating group) is 1. The number of hydrogen-bond acceptors (Lipinski definition) is 10. The molecule has 5 heterocycles. The number of ether oxygens (including phenoxy) is 1. The van der Waals surface area contributed by atoms with Crippen LogP contribution in [0.25, 0.3) is 22.1 Å². The number of aromatic nitrogens is 5. The SMILES string of the molecule is CN1CCN2c3ccc(Nc4nc(Nc5ccc6nccnc6c5N(C)C)c5cc[nH]c5n4)cc3OCC2C1. The first kappa shape index (κ1) is 23.5. The highest BCUT2D eigenvalue weighted by Crippen LogP contribution is 2.38. The Bertz CT molecular complexity index is 1680. The highest BCUT2D eigenvalue weighted by molar-refractivity contribution is 5.99. The summed E-state index contributed by atoms with van der Waals surface area (Å²) < 4.78 is 6.17. The molecular weight excluding hydrogens is 492 g/mol. The number of benzene rings is 2. The van der Waals surface area contributed by atoms with Crippen molar-refractivity contribution in [3.63, 3.8) is 0 Å². The zero-order chi connectivity index (χ0) is 26.5. The summed E-state index contributed by atoms with van der Waals surface area (Å²) in [6, 6.07) is 12.5. The second-order valence-corrected chi connectivity index (χ2v) is 10.3. The maximum absolute atomic E-state index is 6.17. The standard InChI is InChI=1S/C28H30N10O/c1-36(2)25-21(6-5-20-24(25)30-11-10-29-20)33-27-19-8-9-31-26(19)34-28(35-27)32-17-4-7-22-23(14-17)39-16-18-15-37(3)12-13-38(18)22/h4-11,14,18H,12-13,15-16H2,1-3H3,(H3,31,32,33,34,35). The molecule has 5 aromatic rings. The Balaban J connectivity index is 1.21. The zero-order valence-corrected chi connectivity index (χ0v) is 22.1. The van der Waals surface area contributed by atoms with Gasteiger partial charge in [-0.3, -0.25) is 9.97 Å². The summed E-state index contributed by atoms with van der Waals surface area (Å²) in [6.45, 7) is 3.75. The van der Waals surface area contributed by atoms with Crippen molar-refractivity contribution in [2.24, 2.45) is 0 Å². The molecule has 7 rings (SSSR count). The molecular formula is C28H30N10O. The number of piperazine rings is 1. The van der Waals surface area contributed by atoms with Crippen LogP contribution >= 0.6 is 0 Å². The molecule has 1 atom stereocenters. The molecule has 2 aliphatic heterocycles. The van der Waals surface area contributed by atoms with Crippen molar-refractivity contribution >= 4 is 56.6 Å². The monoisotopic (exact) mass is 522 g/mol. The number of rotatable bonds is 5. The van der Waals surface area contributed by atoms with E-state index in [-0.39, 0.29) is 0 Å². The maximum atomic E-state index is 6.17. The van der Waals surface area contributed by atoms with Crippen molar-refractivity contribution in [2.75, 3.05) is 67.8 Å². The van der Waals surface area contributed by atoms with E-state index in [0.717, 1.165) is 70.2 Å². The number of hydrogen-bond donors (Lipinski definition) is 3. The van der Waals surface area contributed by atoms with Gasteiger partial charge in [0, 0.05) is 64.1 Å². The first-order valence-electron chi connectivity index (χ1n) is 13.1. The normalized spacial score (nSPS) is 17.0. The summed E-state index contributed by atoms with van der Waals surface area (Å²) >= 11 is 0. The molecule has 0 amide bonds. The van der Waals surface area contributed by atoms with Gasteiger partial charge in [-0.1, -0.05) is 0 Å². The van der Waals surface area contributed by atoms with Crippen molar-refractivity contribution in [3.8, 4) is 5.75 Å². The van der Waals surface area contributed by atoms with E-state index < -0.39 is 0 Å². The van der Waals surface area contributed by atoms with E-state index in [1.807, 2.05) is 49.5 Å². The van der Waals surface area contributed by atoms with E-state index in [0.29, 0.717) is 24.4 Å². The van der Waals surface area contributed by atoms with Gasteiger partial charge in [-0.05, 0) is 37.4 Å². The zero-order valence-electron chi connectivity index (χ0n) is 22.1. The lowest BCUT2D eigenvalue weighted by molar-refractivity contribution is 0.188. The van der Waals surface area contributed by atoms with Gasteiger partial charge in [0.2, 0.25) is 5.95 Å². The Morgan fingerprint density at radius 3 is 2.82 bits per heavy atom.